The number of nitrogens with zero attached hydrogens (tertiary/aromatic N) is 5. The molecule has 0 aliphatic carbocycles. The molecule has 3 unspecified atom stereocenters. The number of rotatable bonds is 7. The molecule has 8 rings (SSSR count). The number of carbonyl (C=O) groups excluding carboxylic acids is 1. The second-order valence-electron chi connectivity index (χ2n) is 13.2. The number of amides is 1. The van der Waals surface area contributed by atoms with Crippen LogP contribution in [0.1, 0.15) is 73.0 Å². The second kappa shape index (κ2) is 12.3. The van der Waals surface area contributed by atoms with Crippen LogP contribution < -0.4 is 5.32 Å². The number of dihydropyridines is 1. The fourth-order valence-corrected chi connectivity index (χ4v) is 7.83. The molecule has 0 bridgehead atoms. The molecule has 1 N–H and O–H groups in total. The van der Waals surface area contributed by atoms with Crippen molar-refractivity contribution in [1.82, 2.24) is 25.0 Å². The number of aryl methyl sites for hydroxylation is 1. The number of carbonyl (C=O) groups is 1. The lowest BCUT2D eigenvalue weighted by atomic mass is 9.78. The molecule has 4 aromatic rings. The van der Waals surface area contributed by atoms with Gasteiger partial charge in [-0.15, -0.1) is 10.2 Å². The zero-order chi connectivity index (χ0) is 32.9. The van der Waals surface area contributed by atoms with E-state index in [9.17, 15) is 14.4 Å². The van der Waals surface area contributed by atoms with E-state index in [-0.39, 0.29) is 23.6 Å². The molecule has 4 aliphatic heterocycles. The van der Waals surface area contributed by atoms with Crippen molar-refractivity contribution in [3.8, 4) is 6.07 Å². The summed E-state index contributed by atoms with van der Waals surface area (Å²) in [5, 5.41) is 22.6. The Labute approximate surface area is 277 Å². The molecule has 2 aromatic carbocycles. The van der Waals surface area contributed by atoms with Crippen LogP contribution in [0, 0.1) is 30.0 Å². The van der Waals surface area contributed by atoms with Crippen LogP contribution >= 0.6 is 0 Å². The SMILES string of the molecule is Cc1nnc(C2=C(CCC3CCOCC3)NC3=C(C(=O)N4CCOCC34)C2c2ccc3c(ccn3C(C)c3ccc(C#N)c(F)c3)c2)o1. The molecule has 1 amide bonds. The molecule has 0 saturated carbocycles. The summed E-state index contributed by atoms with van der Waals surface area (Å²) in [6, 6.07) is 14.6. The average Bonchev–Trinajstić information content (AvgIpc) is 3.82. The van der Waals surface area contributed by atoms with E-state index in [4.69, 9.17) is 13.9 Å². The van der Waals surface area contributed by atoms with Crippen molar-refractivity contribution < 1.29 is 23.1 Å². The van der Waals surface area contributed by atoms with E-state index < -0.39 is 11.7 Å². The molecule has 10 nitrogen and oxygen atoms in total. The van der Waals surface area contributed by atoms with Gasteiger partial charge in [0, 0.05) is 55.6 Å². The Bertz CT molecular complexity index is 2010. The van der Waals surface area contributed by atoms with Crippen LogP contribution in [-0.2, 0) is 14.3 Å². The summed E-state index contributed by atoms with van der Waals surface area (Å²) >= 11 is 0. The first-order valence-corrected chi connectivity index (χ1v) is 16.7. The molecule has 0 radical (unpaired) electrons. The highest BCUT2D eigenvalue weighted by Gasteiger charge is 2.49. The van der Waals surface area contributed by atoms with Crippen LogP contribution in [-0.4, -0.2) is 64.6 Å². The van der Waals surface area contributed by atoms with Crippen LogP contribution in [0.3, 0.4) is 0 Å². The molecule has 0 spiro atoms. The van der Waals surface area contributed by atoms with Crippen LogP contribution in [0.15, 0.2) is 70.0 Å². The number of nitriles is 1. The lowest BCUT2D eigenvalue weighted by molar-refractivity contribution is -0.131. The second-order valence-corrected chi connectivity index (χ2v) is 13.2. The lowest BCUT2D eigenvalue weighted by Gasteiger charge is -2.33. The Kier molecular flexibility index (Phi) is 7.85. The van der Waals surface area contributed by atoms with E-state index >= 15 is 0 Å². The number of fused-ring (bicyclic) bond motifs is 3. The first kappa shape index (κ1) is 30.5. The Morgan fingerprint density at radius 2 is 1.94 bits per heavy atom. The standard InChI is InChI=1S/C37H37FN6O4/c1-21(24-4-5-27(19-39)28(38)18-24)43-12-9-25-17-26(6-8-30(25)43)32-33(36-42-41-22(2)48-36)29(7-3-23-10-14-46-15-11-23)40-35-31-20-47-16-13-44(31)37(45)34(32)35/h4-6,8-9,12,17-18,21,23,31-32,40H,3,7,10-11,13-16,20H2,1-2H3. The highest BCUT2D eigenvalue weighted by molar-refractivity contribution is 6.04. The maximum Gasteiger partial charge on any atom is 0.253 e. The fraction of sp³-hybridized carbons (Fsp3) is 0.405. The topological polar surface area (TPSA) is 118 Å². The molecular weight excluding hydrogens is 611 g/mol. The quantitative estimate of drug-likeness (QED) is 0.269. The zero-order valence-electron chi connectivity index (χ0n) is 27.0. The van der Waals surface area contributed by atoms with Gasteiger partial charge in [0.2, 0.25) is 11.8 Å². The third kappa shape index (κ3) is 5.20. The van der Waals surface area contributed by atoms with Gasteiger partial charge in [-0.3, -0.25) is 4.79 Å². The first-order chi connectivity index (χ1) is 23.4. The van der Waals surface area contributed by atoms with Crippen molar-refractivity contribution in [2.24, 2.45) is 5.92 Å². The van der Waals surface area contributed by atoms with Gasteiger partial charge in [0.15, 0.2) is 0 Å². The van der Waals surface area contributed by atoms with Gasteiger partial charge in [0.1, 0.15) is 11.9 Å². The summed E-state index contributed by atoms with van der Waals surface area (Å²) in [6.45, 7) is 6.85. The minimum absolute atomic E-state index is 0.00199. The normalized spacial score (nSPS) is 22.1. The molecular formula is C37H37FN6O4. The monoisotopic (exact) mass is 648 g/mol. The van der Waals surface area contributed by atoms with Gasteiger partial charge in [0.05, 0.1) is 42.1 Å². The van der Waals surface area contributed by atoms with E-state index in [1.807, 2.05) is 30.2 Å². The van der Waals surface area contributed by atoms with Gasteiger partial charge < -0.3 is 28.7 Å². The van der Waals surface area contributed by atoms with Crippen LogP contribution in [0.5, 0.6) is 0 Å². The van der Waals surface area contributed by atoms with Crippen molar-refractivity contribution >= 4 is 22.4 Å². The molecule has 11 heteroatoms. The van der Waals surface area contributed by atoms with Gasteiger partial charge in [-0.05, 0) is 85.4 Å². The zero-order valence-corrected chi connectivity index (χ0v) is 27.0. The maximum atomic E-state index is 14.5. The number of nitrogens with one attached hydrogen (secondary N) is 1. The van der Waals surface area contributed by atoms with Gasteiger partial charge in [-0.2, -0.15) is 5.26 Å². The van der Waals surface area contributed by atoms with Crippen molar-refractivity contribution in [2.75, 3.05) is 33.0 Å². The molecule has 2 saturated heterocycles. The van der Waals surface area contributed by atoms with Crippen molar-refractivity contribution in [3.63, 3.8) is 0 Å². The summed E-state index contributed by atoms with van der Waals surface area (Å²) < 4.78 is 34.3. The average molecular weight is 649 g/mol. The van der Waals surface area contributed by atoms with Gasteiger partial charge in [-0.25, -0.2) is 4.39 Å². The smallest absolute Gasteiger partial charge is 0.253 e. The minimum atomic E-state index is -0.526. The third-order valence-electron chi connectivity index (χ3n) is 10.4. The van der Waals surface area contributed by atoms with Gasteiger partial charge >= 0.3 is 0 Å². The summed E-state index contributed by atoms with van der Waals surface area (Å²) in [5.74, 6) is 0.478. The Morgan fingerprint density at radius 1 is 1.08 bits per heavy atom. The van der Waals surface area contributed by atoms with Crippen molar-refractivity contribution in [3.05, 3.63) is 99.9 Å². The molecule has 4 aliphatic rings. The number of hydrogen-bond donors (Lipinski definition) is 1. The van der Waals surface area contributed by atoms with Crippen LogP contribution in [0.25, 0.3) is 16.5 Å². The van der Waals surface area contributed by atoms with E-state index in [2.05, 4.69) is 38.3 Å². The largest absolute Gasteiger partial charge is 0.421 e. The molecule has 246 valence electrons. The summed E-state index contributed by atoms with van der Waals surface area (Å²) in [4.78, 5) is 16.2. The van der Waals surface area contributed by atoms with Crippen LogP contribution in [0.2, 0.25) is 0 Å². The number of halogens is 1. The Balaban J connectivity index is 1.23. The van der Waals surface area contributed by atoms with Crippen molar-refractivity contribution in [2.45, 2.75) is 57.5 Å². The fourth-order valence-electron chi connectivity index (χ4n) is 7.83. The Hall–Kier alpha value is -4.79. The number of aromatic nitrogens is 3. The highest BCUT2D eigenvalue weighted by atomic mass is 19.1. The number of morpholine rings is 1. The number of ether oxygens (including phenoxy) is 2. The predicted molar refractivity (Wildman–Crippen MR) is 175 cm³/mol. The summed E-state index contributed by atoms with van der Waals surface area (Å²) in [6.07, 6.45) is 5.81. The molecule has 2 aromatic heterocycles. The first-order valence-electron chi connectivity index (χ1n) is 16.7. The summed E-state index contributed by atoms with van der Waals surface area (Å²) in [7, 11) is 0. The molecule has 48 heavy (non-hydrogen) atoms. The van der Waals surface area contributed by atoms with Crippen LogP contribution in [0.4, 0.5) is 4.39 Å². The van der Waals surface area contributed by atoms with E-state index in [0.717, 1.165) is 77.9 Å². The number of allylic oxidation sites excluding steroid dienone is 2. The Morgan fingerprint density at radius 3 is 2.71 bits per heavy atom. The molecule has 3 atom stereocenters. The minimum Gasteiger partial charge on any atom is -0.421 e. The molecule has 6 heterocycles. The lowest BCUT2D eigenvalue weighted by Crippen LogP contribution is -2.46. The third-order valence-corrected chi connectivity index (χ3v) is 10.4. The van der Waals surface area contributed by atoms with Crippen molar-refractivity contribution in [1.29, 1.82) is 5.26 Å². The highest BCUT2D eigenvalue weighted by Crippen LogP contribution is 2.49. The van der Waals surface area contributed by atoms with Gasteiger partial charge in [-0.1, -0.05) is 12.1 Å². The summed E-state index contributed by atoms with van der Waals surface area (Å²) in [5.41, 5.74) is 6.17. The molecule has 2 fully saturated rings. The number of benzene rings is 2. The van der Waals surface area contributed by atoms with E-state index in [0.29, 0.717) is 43.0 Å². The van der Waals surface area contributed by atoms with E-state index in [1.165, 1.54) is 12.1 Å². The number of hydrogen-bond acceptors (Lipinski definition) is 8. The van der Waals surface area contributed by atoms with E-state index in [1.54, 1.807) is 13.0 Å². The maximum absolute atomic E-state index is 14.5. The predicted octanol–water partition coefficient (Wildman–Crippen LogP) is 5.75. The van der Waals surface area contributed by atoms with Gasteiger partial charge in [0.25, 0.3) is 5.91 Å².